The minimum absolute atomic E-state index is 0.0265. The van der Waals surface area contributed by atoms with E-state index >= 15 is 0 Å². The van der Waals surface area contributed by atoms with E-state index in [1.54, 1.807) is 0 Å². The van der Waals surface area contributed by atoms with Gasteiger partial charge in [0.15, 0.2) is 0 Å². The van der Waals surface area contributed by atoms with Crippen LogP contribution in [0.15, 0.2) is 0 Å². The van der Waals surface area contributed by atoms with Crippen molar-refractivity contribution in [3.8, 4) is 0 Å². The lowest BCUT2D eigenvalue weighted by Crippen LogP contribution is -2.53. The summed E-state index contributed by atoms with van der Waals surface area (Å²) in [6, 6.07) is 0. The molecule has 1 aliphatic heterocycles. The Bertz CT molecular complexity index is 723. The lowest BCUT2D eigenvalue weighted by molar-refractivity contribution is -0.162. The Labute approximate surface area is 200 Å². The highest BCUT2D eigenvalue weighted by Crippen LogP contribution is 2.66. The molecule has 0 amide bonds. The molecule has 1 saturated heterocycles. The zero-order chi connectivity index (χ0) is 24.3. The molecule has 3 aliphatic carbocycles. The van der Waals surface area contributed by atoms with E-state index in [2.05, 4.69) is 34.6 Å². The van der Waals surface area contributed by atoms with Gasteiger partial charge in [-0.25, -0.2) is 0 Å². The van der Waals surface area contributed by atoms with Crippen molar-refractivity contribution in [1.29, 1.82) is 0 Å². The van der Waals surface area contributed by atoms with E-state index in [9.17, 15) is 20.1 Å². The lowest BCUT2D eigenvalue weighted by Gasteiger charge is -2.55. The van der Waals surface area contributed by atoms with Gasteiger partial charge in [0.25, 0.3) is 0 Å². The molecule has 12 atom stereocenters. The summed E-state index contributed by atoms with van der Waals surface area (Å²) < 4.78 is 5.98. The fourth-order valence-electron chi connectivity index (χ4n) is 8.83. The number of aliphatic hydroxyl groups excluding tert-OH is 3. The summed E-state index contributed by atoms with van der Waals surface area (Å²) in [5.41, 5.74) is 0.0243. The molecule has 3 saturated carbocycles. The molecule has 5 heteroatoms. The number of esters is 1. The molecule has 0 spiro atoms. The number of fused-ring (bicyclic) bond motifs is 5. The quantitative estimate of drug-likeness (QED) is 0.519. The first-order valence-electron chi connectivity index (χ1n) is 13.6. The maximum Gasteiger partial charge on any atom is 0.306 e. The van der Waals surface area contributed by atoms with Gasteiger partial charge in [-0.15, -0.1) is 0 Å². The van der Waals surface area contributed by atoms with Gasteiger partial charge in [0.2, 0.25) is 0 Å². The number of ether oxygens (including phenoxy) is 1. The van der Waals surface area contributed by atoms with Crippen LogP contribution in [0.2, 0.25) is 0 Å². The predicted octanol–water partition coefficient (Wildman–Crippen LogP) is 4.56. The van der Waals surface area contributed by atoms with Crippen LogP contribution in [0.4, 0.5) is 0 Å². The minimum Gasteiger partial charge on any atom is -0.462 e. The van der Waals surface area contributed by atoms with E-state index in [1.807, 2.05) is 6.92 Å². The van der Waals surface area contributed by atoms with Crippen LogP contribution in [-0.4, -0.2) is 45.7 Å². The average Bonchev–Trinajstić information content (AvgIpc) is 3.06. The second kappa shape index (κ2) is 9.09. The lowest BCUT2D eigenvalue weighted by atomic mass is 9.49. The maximum absolute atomic E-state index is 12.9. The second-order valence-corrected chi connectivity index (χ2v) is 13.2. The highest BCUT2D eigenvalue weighted by Gasteiger charge is 2.61. The molecule has 3 N–H and O–H groups in total. The number of carbonyl (C=O) groups is 1. The fourth-order valence-corrected chi connectivity index (χ4v) is 8.83. The number of rotatable bonds is 5. The van der Waals surface area contributed by atoms with Crippen molar-refractivity contribution in [2.75, 3.05) is 0 Å². The molecule has 0 bridgehead atoms. The molecule has 0 aromatic heterocycles. The Balaban J connectivity index is 1.57. The van der Waals surface area contributed by atoms with Crippen LogP contribution in [0.3, 0.4) is 0 Å². The van der Waals surface area contributed by atoms with Gasteiger partial charge in [-0.3, -0.25) is 4.79 Å². The van der Waals surface area contributed by atoms with E-state index in [0.29, 0.717) is 42.4 Å². The van der Waals surface area contributed by atoms with Gasteiger partial charge in [0, 0.05) is 18.3 Å². The third-order valence-corrected chi connectivity index (χ3v) is 11.4. The Morgan fingerprint density at radius 3 is 2.21 bits per heavy atom. The Morgan fingerprint density at radius 1 is 0.909 bits per heavy atom. The summed E-state index contributed by atoms with van der Waals surface area (Å²) >= 11 is 0. The number of carbonyl (C=O) groups excluding carboxylic acids is 1. The first kappa shape index (κ1) is 25.4. The average molecular weight is 465 g/mol. The molecule has 1 heterocycles. The van der Waals surface area contributed by atoms with Crippen LogP contribution in [0.1, 0.15) is 92.9 Å². The van der Waals surface area contributed by atoms with E-state index < -0.39 is 12.2 Å². The van der Waals surface area contributed by atoms with Gasteiger partial charge in [-0.05, 0) is 85.4 Å². The molecule has 0 unspecified atom stereocenters. The number of aliphatic hydroxyl groups is 3. The van der Waals surface area contributed by atoms with E-state index in [1.165, 1.54) is 0 Å². The van der Waals surface area contributed by atoms with Crippen LogP contribution in [0, 0.1) is 52.3 Å². The van der Waals surface area contributed by atoms with Gasteiger partial charge in [-0.2, -0.15) is 0 Å². The van der Waals surface area contributed by atoms with Crippen LogP contribution in [0.5, 0.6) is 0 Å². The first-order chi connectivity index (χ1) is 15.4. The van der Waals surface area contributed by atoms with Crippen molar-refractivity contribution in [2.24, 2.45) is 52.3 Å². The molecule has 190 valence electrons. The third-order valence-electron chi connectivity index (χ3n) is 11.4. The minimum atomic E-state index is -0.721. The zero-order valence-electron chi connectivity index (χ0n) is 21.7. The Hall–Kier alpha value is -0.650. The van der Waals surface area contributed by atoms with E-state index in [-0.39, 0.29) is 40.8 Å². The van der Waals surface area contributed by atoms with Crippen molar-refractivity contribution in [2.45, 2.75) is 117 Å². The Morgan fingerprint density at radius 2 is 1.55 bits per heavy atom. The van der Waals surface area contributed by atoms with E-state index in [0.717, 1.165) is 38.5 Å². The van der Waals surface area contributed by atoms with Crippen molar-refractivity contribution in [3.63, 3.8) is 0 Å². The van der Waals surface area contributed by atoms with Gasteiger partial charge in [0.05, 0.1) is 18.3 Å². The highest BCUT2D eigenvalue weighted by atomic mass is 16.5. The number of hydrogen-bond donors (Lipinski definition) is 3. The standard InChI is InChI=1S/C28H48O5/c1-15(2)16(3)25(31)26(32)17(4)20-7-8-21-19-14-24(30)33-23-13-18(29)9-11-28(23,6)22(19)10-12-27(20,21)5/h15-23,25-26,29,31-32H,7-14H2,1-6H3/t16-,17+,18+,19+,20-,21+,22+,23+,25-,26-,27-,28-/m1/s1. The third kappa shape index (κ3) is 4.18. The van der Waals surface area contributed by atoms with Crippen LogP contribution in [0.25, 0.3) is 0 Å². The summed E-state index contributed by atoms with van der Waals surface area (Å²) in [6.07, 6.45) is 5.17. The molecule has 4 aliphatic rings. The first-order valence-corrected chi connectivity index (χ1v) is 13.6. The van der Waals surface area contributed by atoms with E-state index in [4.69, 9.17) is 4.74 Å². The Kier molecular flexibility index (Phi) is 7.01. The van der Waals surface area contributed by atoms with Gasteiger partial charge in [0.1, 0.15) is 6.10 Å². The van der Waals surface area contributed by atoms with Crippen molar-refractivity contribution in [3.05, 3.63) is 0 Å². The van der Waals surface area contributed by atoms with Crippen molar-refractivity contribution >= 4 is 5.97 Å². The second-order valence-electron chi connectivity index (χ2n) is 13.2. The molecular formula is C28H48O5. The van der Waals surface area contributed by atoms with Gasteiger partial charge in [-0.1, -0.05) is 41.5 Å². The smallest absolute Gasteiger partial charge is 0.306 e. The zero-order valence-corrected chi connectivity index (χ0v) is 21.7. The molecule has 5 nitrogen and oxygen atoms in total. The fraction of sp³-hybridized carbons (Fsp3) is 0.964. The highest BCUT2D eigenvalue weighted by molar-refractivity contribution is 5.70. The molecule has 0 radical (unpaired) electrons. The maximum atomic E-state index is 12.9. The predicted molar refractivity (Wildman–Crippen MR) is 128 cm³/mol. The van der Waals surface area contributed by atoms with Crippen molar-refractivity contribution in [1.82, 2.24) is 0 Å². The number of hydrogen-bond acceptors (Lipinski definition) is 5. The summed E-state index contributed by atoms with van der Waals surface area (Å²) in [7, 11) is 0. The molecular weight excluding hydrogens is 416 g/mol. The SMILES string of the molecule is CC(C)[C@@H](C)[C@@H](O)[C@H](O)[C@@H](C)[C@H]1CC[C@H]2[C@@H]3CC(=O)O[C@H]4C[C@@H](O)CC[C@]4(C)[C@H]3CC[C@]12C. The van der Waals surface area contributed by atoms with Crippen LogP contribution >= 0.6 is 0 Å². The molecule has 4 rings (SSSR count). The topological polar surface area (TPSA) is 87.0 Å². The van der Waals surface area contributed by atoms with Crippen LogP contribution < -0.4 is 0 Å². The normalized spacial score (nSPS) is 46.9. The van der Waals surface area contributed by atoms with Crippen molar-refractivity contribution < 1.29 is 24.9 Å². The largest absolute Gasteiger partial charge is 0.462 e. The monoisotopic (exact) mass is 464 g/mol. The van der Waals surface area contributed by atoms with Crippen LogP contribution in [-0.2, 0) is 9.53 Å². The van der Waals surface area contributed by atoms with Gasteiger partial charge >= 0.3 is 5.97 Å². The molecule has 4 fully saturated rings. The summed E-state index contributed by atoms with van der Waals surface area (Å²) in [4.78, 5) is 12.9. The summed E-state index contributed by atoms with van der Waals surface area (Å²) in [6.45, 7) is 13.1. The summed E-state index contributed by atoms with van der Waals surface area (Å²) in [5, 5.41) is 32.3. The molecule has 0 aromatic carbocycles. The van der Waals surface area contributed by atoms with Gasteiger partial charge < -0.3 is 20.1 Å². The molecule has 0 aromatic rings. The summed E-state index contributed by atoms with van der Waals surface area (Å²) in [5.74, 6) is 1.88. The molecule has 33 heavy (non-hydrogen) atoms.